The second-order valence-electron chi connectivity index (χ2n) is 4.68. The molecule has 9 heteroatoms. The quantitative estimate of drug-likeness (QED) is 0.561. The molecule has 0 spiro atoms. The van der Waals surface area contributed by atoms with Gasteiger partial charge >= 0.3 is 11.7 Å². The van der Waals surface area contributed by atoms with Crippen LogP contribution in [0, 0.1) is 29.9 Å². The van der Waals surface area contributed by atoms with Gasteiger partial charge in [0.15, 0.2) is 0 Å². The van der Waals surface area contributed by atoms with E-state index in [1.54, 1.807) is 6.92 Å². The molecule has 1 aromatic rings. The first kappa shape index (κ1) is 16.6. The van der Waals surface area contributed by atoms with Crippen molar-refractivity contribution < 1.29 is 19.6 Å². The molecule has 21 heavy (non-hydrogen) atoms. The van der Waals surface area contributed by atoms with Crippen molar-refractivity contribution in [2.24, 2.45) is 5.92 Å². The molecule has 1 amide bonds. The van der Waals surface area contributed by atoms with E-state index in [4.69, 9.17) is 5.11 Å². The lowest BCUT2D eigenvalue weighted by atomic mass is 10.1. The second kappa shape index (κ2) is 6.82. The monoisotopic (exact) mass is 298 g/mol. The molecule has 9 nitrogen and oxygen atoms in total. The molecule has 0 aromatic carbocycles. The molecule has 1 aromatic heterocycles. The predicted molar refractivity (Wildman–Crippen MR) is 72.8 cm³/mol. The SMILES string of the molecule is CCC(CNC(=O)Cn1nc(C)c([N+](=O)[O-])c1C)C(=O)O. The molecule has 2 N–H and O–H groups in total. The van der Waals surface area contributed by atoms with Crippen molar-refractivity contribution in [3.63, 3.8) is 0 Å². The van der Waals surface area contributed by atoms with Crippen molar-refractivity contribution in [3.8, 4) is 0 Å². The average Bonchev–Trinajstić information content (AvgIpc) is 2.64. The minimum absolute atomic E-state index is 0.0199. The molecule has 116 valence electrons. The summed E-state index contributed by atoms with van der Waals surface area (Å²) in [5, 5.41) is 26.2. The number of aryl methyl sites for hydroxylation is 1. The van der Waals surface area contributed by atoms with Crippen molar-refractivity contribution >= 4 is 17.6 Å². The molecule has 0 aliphatic carbocycles. The number of aromatic nitrogens is 2. The molecule has 0 saturated carbocycles. The van der Waals surface area contributed by atoms with Crippen molar-refractivity contribution in [2.45, 2.75) is 33.7 Å². The maximum atomic E-state index is 11.8. The first-order valence-corrected chi connectivity index (χ1v) is 6.45. The van der Waals surface area contributed by atoms with Gasteiger partial charge in [0.05, 0.1) is 10.8 Å². The Kier molecular flexibility index (Phi) is 5.39. The van der Waals surface area contributed by atoms with E-state index in [0.29, 0.717) is 6.42 Å². The van der Waals surface area contributed by atoms with Crippen LogP contribution in [0.15, 0.2) is 0 Å². The molecule has 0 saturated heterocycles. The van der Waals surface area contributed by atoms with E-state index in [1.165, 1.54) is 18.5 Å². The number of carboxylic acids is 1. The minimum atomic E-state index is -0.973. The zero-order valence-electron chi connectivity index (χ0n) is 12.1. The summed E-state index contributed by atoms with van der Waals surface area (Å²) in [5.41, 5.74) is 0.417. The minimum Gasteiger partial charge on any atom is -0.481 e. The topological polar surface area (TPSA) is 127 Å². The Morgan fingerprint density at radius 1 is 1.48 bits per heavy atom. The van der Waals surface area contributed by atoms with Gasteiger partial charge in [-0.2, -0.15) is 5.10 Å². The number of nitrogens with zero attached hydrogens (tertiary/aromatic N) is 3. The highest BCUT2D eigenvalue weighted by atomic mass is 16.6. The number of carbonyl (C=O) groups is 2. The van der Waals surface area contributed by atoms with E-state index in [9.17, 15) is 19.7 Å². The standard InChI is InChI=1S/C12H18N4O5/c1-4-9(12(18)19)5-13-10(17)6-15-8(3)11(16(20)21)7(2)14-15/h9H,4-6H2,1-3H3,(H,13,17)(H,18,19). The van der Waals surface area contributed by atoms with Crippen LogP contribution < -0.4 is 5.32 Å². The van der Waals surface area contributed by atoms with Crippen LogP contribution in [0.2, 0.25) is 0 Å². The highest BCUT2D eigenvalue weighted by Gasteiger charge is 2.23. The number of nitro groups is 1. The van der Waals surface area contributed by atoms with Gasteiger partial charge in [0, 0.05) is 6.54 Å². The zero-order valence-corrected chi connectivity index (χ0v) is 12.1. The van der Waals surface area contributed by atoms with Gasteiger partial charge in [-0.05, 0) is 20.3 Å². The van der Waals surface area contributed by atoms with E-state index < -0.39 is 22.7 Å². The number of hydrogen-bond donors (Lipinski definition) is 2. The van der Waals surface area contributed by atoms with Crippen LogP contribution in [0.1, 0.15) is 24.7 Å². The third-order valence-corrected chi connectivity index (χ3v) is 3.21. The van der Waals surface area contributed by atoms with Gasteiger partial charge in [-0.3, -0.25) is 24.4 Å². The lowest BCUT2D eigenvalue weighted by molar-refractivity contribution is -0.386. The van der Waals surface area contributed by atoms with Gasteiger partial charge in [-0.25, -0.2) is 0 Å². The van der Waals surface area contributed by atoms with E-state index in [1.807, 2.05) is 0 Å². The summed E-state index contributed by atoms with van der Waals surface area (Å²) < 4.78 is 1.24. The average molecular weight is 298 g/mol. The van der Waals surface area contributed by atoms with Gasteiger partial charge < -0.3 is 10.4 Å². The van der Waals surface area contributed by atoms with Crippen LogP contribution in [0.5, 0.6) is 0 Å². The van der Waals surface area contributed by atoms with Crippen LogP contribution in [0.3, 0.4) is 0 Å². The second-order valence-corrected chi connectivity index (χ2v) is 4.68. The third-order valence-electron chi connectivity index (χ3n) is 3.21. The van der Waals surface area contributed by atoms with E-state index >= 15 is 0 Å². The van der Waals surface area contributed by atoms with Gasteiger partial charge in [0.25, 0.3) is 0 Å². The highest BCUT2D eigenvalue weighted by Crippen LogP contribution is 2.21. The van der Waals surface area contributed by atoms with Crippen LogP contribution in [0.25, 0.3) is 0 Å². The maximum Gasteiger partial charge on any atom is 0.312 e. The van der Waals surface area contributed by atoms with Crippen LogP contribution in [-0.4, -0.2) is 38.2 Å². The molecule has 0 aliphatic heterocycles. The van der Waals surface area contributed by atoms with Gasteiger partial charge in [0.1, 0.15) is 17.9 Å². The maximum absolute atomic E-state index is 11.8. The molecule has 1 rings (SSSR count). The first-order valence-electron chi connectivity index (χ1n) is 6.45. The molecular weight excluding hydrogens is 280 g/mol. The Morgan fingerprint density at radius 3 is 2.52 bits per heavy atom. The smallest absolute Gasteiger partial charge is 0.312 e. The molecule has 0 fully saturated rings. The summed E-state index contributed by atoms with van der Waals surface area (Å²) in [6.07, 6.45) is 0.404. The number of hydrogen-bond acceptors (Lipinski definition) is 5. The fraction of sp³-hybridized carbons (Fsp3) is 0.583. The summed E-state index contributed by atoms with van der Waals surface area (Å²) in [4.78, 5) is 32.9. The number of nitrogens with one attached hydrogen (secondary N) is 1. The van der Waals surface area contributed by atoms with Crippen molar-refractivity contribution in [1.29, 1.82) is 0 Å². The molecule has 0 aliphatic rings. The van der Waals surface area contributed by atoms with Gasteiger partial charge in [0.2, 0.25) is 5.91 Å². The summed E-state index contributed by atoms with van der Waals surface area (Å²) in [7, 11) is 0. The first-order chi connectivity index (χ1) is 9.77. The number of rotatable bonds is 7. The molecule has 1 unspecified atom stereocenters. The molecule has 0 radical (unpaired) electrons. The number of carbonyl (C=O) groups excluding carboxylic acids is 1. The highest BCUT2D eigenvalue weighted by molar-refractivity contribution is 5.77. The number of aliphatic carboxylic acids is 1. The summed E-state index contributed by atoms with van der Waals surface area (Å²) in [6.45, 7) is 4.56. The van der Waals surface area contributed by atoms with Crippen LogP contribution in [0.4, 0.5) is 5.69 Å². The Balaban J connectivity index is 2.70. The van der Waals surface area contributed by atoms with Crippen molar-refractivity contribution in [1.82, 2.24) is 15.1 Å². The predicted octanol–water partition coefficient (Wildman–Crippen LogP) is 0.635. The summed E-state index contributed by atoms with van der Waals surface area (Å²) in [6, 6.07) is 0. The molecule has 1 heterocycles. The summed E-state index contributed by atoms with van der Waals surface area (Å²) >= 11 is 0. The van der Waals surface area contributed by atoms with Gasteiger partial charge in [-0.1, -0.05) is 6.92 Å². The van der Waals surface area contributed by atoms with E-state index in [2.05, 4.69) is 10.4 Å². The summed E-state index contributed by atoms with van der Waals surface area (Å²) in [5.74, 6) is -2.06. The lowest BCUT2D eigenvalue weighted by Gasteiger charge is -2.11. The van der Waals surface area contributed by atoms with Crippen LogP contribution >= 0.6 is 0 Å². The third kappa shape index (κ3) is 4.01. The van der Waals surface area contributed by atoms with Crippen molar-refractivity contribution in [3.05, 3.63) is 21.5 Å². The molecule has 0 bridgehead atoms. The number of amides is 1. The zero-order chi connectivity index (χ0) is 16.2. The lowest BCUT2D eigenvalue weighted by Crippen LogP contribution is -2.35. The molecule has 1 atom stereocenters. The Morgan fingerprint density at radius 2 is 2.10 bits per heavy atom. The largest absolute Gasteiger partial charge is 0.481 e. The molecular formula is C12H18N4O5. The number of carboxylic acid groups (broad SMARTS) is 1. The van der Waals surface area contributed by atoms with Crippen LogP contribution in [-0.2, 0) is 16.1 Å². The Labute approximate surface area is 121 Å². The fourth-order valence-corrected chi connectivity index (χ4v) is 1.94. The fourth-order valence-electron chi connectivity index (χ4n) is 1.94. The van der Waals surface area contributed by atoms with E-state index in [0.717, 1.165) is 0 Å². The van der Waals surface area contributed by atoms with E-state index in [-0.39, 0.29) is 30.2 Å². The Bertz CT molecular complexity index is 566. The normalized spacial score (nSPS) is 12.0. The van der Waals surface area contributed by atoms with Crippen molar-refractivity contribution in [2.75, 3.05) is 6.54 Å². The van der Waals surface area contributed by atoms with Gasteiger partial charge in [-0.15, -0.1) is 0 Å². The Hall–Kier alpha value is -2.45.